The van der Waals surface area contributed by atoms with E-state index in [-0.39, 0.29) is 17.0 Å². The third kappa shape index (κ3) is 3.15. The Balaban J connectivity index is 3.19. The van der Waals surface area contributed by atoms with E-state index in [2.05, 4.69) is 15.0 Å². The molecule has 1 aromatic carbocycles. The van der Waals surface area contributed by atoms with Crippen LogP contribution in [0, 0.1) is 11.5 Å². The molecule has 0 heterocycles. The van der Waals surface area contributed by atoms with Crippen LogP contribution < -0.4 is 5.32 Å². The van der Waals surface area contributed by atoms with Crippen LogP contribution in [-0.4, -0.2) is 29.6 Å². The van der Waals surface area contributed by atoms with Gasteiger partial charge in [0.2, 0.25) is 0 Å². The Kier molecular flexibility index (Phi) is 5.02. The molecular formula is C11H11N3O3S. The standard InChI is InChI=1S/C11H11N3O3S/c1-17-10(16)7-4-3-5-8(9(7)15)14-11(18-2)13-6-12/h3-5,15H,1-2H3,(H,13,14). The smallest absolute Gasteiger partial charge is 0.341 e. The van der Waals surface area contributed by atoms with Gasteiger partial charge in [-0.25, -0.2) is 9.79 Å². The Morgan fingerprint density at radius 1 is 1.61 bits per heavy atom. The Hall–Kier alpha value is -2.20. The molecule has 1 aromatic rings. The van der Waals surface area contributed by atoms with Crippen LogP contribution in [0.15, 0.2) is 23.2 Å². The third-order valence-corrected chi connectivity index (χ3v) is 2.58. The molecule has 0 aliphatic carbocycles. The Morgan fingerprint density at radius 2 is 2.33 bits per heavy atom. The lowest BCUT2D eigenvalue weighted by Crippen LogP contribution is -2.12. The Labute approximate surface area is 108 Å². The molecule has 6 nitrogen and oxygen atoms in total. The summed E-state index contributed by atoms with van der Waals surface area (Å²) in [6.45, 7) is 0. The van der Waals surface area contributed by atoms with Gasteiger partial charge in [0.15, 0.2) is 17.1 Å². The molecule has 0 aliphatic heterocycles. The molecule has 0 atom stereocenters. The highest BCUT2D eigenvalue weighted by atomic mass is 32.2. The first-order chi connectivity index (χ1) is 8.63. The predicted octanol–water partition coefficient (Wildman–Crippen LogP) is 1.60. The first-order valence-corrected chi connectivity index (χ1v) is 6.04. The number of aromatic hydroxyl groups is 1. The predicted molar refractivity (Wildman–Crippen MR) is 68.8 cm³/mol. The molecule has 18 heavy (non-hydrogen) atoms. The van der Waals surface area contributed by atoms with Crippen molar-refractivity contribution in [3.05, 3.63) is 23.8 Å². The van der Waals surface area contributed by atoms with E-state index >= 15 is 0 Å². The van der Waals surface area contributed by atoms with E-state index < -0.39 is 5.97 Å². The van der Waals surface area contributed by atoms with Crippen LogP contribution >= 0.6 is 11.8 Å². The molecule has 0 fully saturated rings. The molecule has 0 spiro atoms. The topological polar surface area (TPSA) is 94.7 Å². The van der Waals surface area contributed by atoms with Crippen molar-refractivity contribution in [1.82, 2.24) is 5.32 Å². The van der Waals surface area contributed by atoms with Gasteiger partial charge >= 0.3 is 5.97 Å². The molecule has 7 heteroatoms. The summed E-state index contributed by atoms with van der Waals surface area (Å²) in [4.78, 5) is 15.4. The van der Waals surface area contributed by atoms with E-state index in [1.165, 1.54) is 31.0 Å². The highest BCUT2D eigenvalue weighted by Gasteiger charge is 2.14. The van der Waals surface area contributed by atoms with Crippen molar-refractivity contribution in [2.45, 2.75) is 0 Å². The molecule has 0 radical (unpaired) electrons. The number of nitrogens with one attached hydrogen (secondary N) is 1. The minimum absolute atomic E-state index is 0.0242. The molecule has 0 aromatic heterocycles. The second-order valence-electron chi connectivity index (χ2n) is 3.02. The van der Waals surface area contributed by atoms with Crippen LogP contribution in [0.4, 0.5) is 5.69 Å². The van der Waals surface area contributed by atoms with Crippen molar-refractivity contribution in [2.75, 3.05) is 13.4 Å². The fourth-order valence-electron chi connectivity index (χ4n) is 1.18. The second-order valence-corrected chi connectivity index (χ2v) is 3.82. The molecular weight excluding hydrogens is 254 g/mol. The number of nitrogens with zero attached hydrogens (tertiary/aromatic N) is 2. The minimum Gasteiger partial charge on any atom is -0.505 e. The van der Waals surface area contributed by atoms with Crippen LogP contribution in [0.5, 0.6) is 5.75 Å². The molecule has 0 saturated carbocycles. The number of carbonyl (C=O) groups is 1. The molecule has 94 valence electrons. The Bertz CT molecular complexity index is 523. The van der Waals surface area contributed by atoms with Gasteiger partial charge in [-0.15, -0.1) is 0 Å². The summed E-state index contributed by atoms with van der Waals surface area (Å²) in [7, 11) is 1.22. The summed E-state index contributed by atoms with van der Waals surface area (Å²) in [5, 5.41) is 21.1. The van der Waals surface area contributed by atoms with Gasteiger partial charge in [0.1, 0.15) is 11.3 Å². The van der Waals surface area contributed by atoms with E-state index in [9.17, 15) is 9.90 Å². The quantitative estimate of drug-likeness (QED) is 0.277. The van der Waals surface area contributed by atoms with Crippen LogP contribution in [0.1, 0.15) is 10.4 Å². The maximum absolute atomic E-state index is 11.4. The number of phenols is 1. The molecule has 1 rings (SSSR count). The third-order valence-electron chi connectivity index (χ3n) is 2.00. The number of nitriles is 1. The van der Waals surface area contributed by atoms with E-state index in [0.29, 0.717) is 5.17 Å². The van der Waals surface area contributed by atoms with Crippen molar-refractivity contribution < 1.29 is 14.6 Å². The van der Waals surface area contributed by atoms with Crippen LogP contribution in [0.25, 0.3) is 0 Å². The van der Waals surface area contributed by atoms with Gasteiger partial charge in [-0.3, -0.25) is 5.32 Å². The number of amidine groups is 1. The summed E-state index contributed by atoms with van der Waals surface area (Å²) in [6, 6.07) is 4.52. The average Bonchev–Trinajstić information content (AvgIpc) is 2.39. The van der Waals surface area contributed by atoms with Gasteiger partial charge in [0, 0.05) is 0 Å². The first-order valence-electron chi connectivity index (χ1n) is 4.82. The number of para-hydroxylation sites is 1. The van der Waals surface area contributed by atoms with Crippen molar-refractivity contribution in [1.29, 1.82) is 5.26 Å². The molecule has 0 aliphatic rings. The first kappa shape index (κ1) is 13.9. The number of hydrogen-bond acceptors (Lipinski definition) is 6. The molecule has 0 bridgehead atoms. The van der Waals surface area contributed by atoms with E-state index in [4.69, 9.17) is 5.26 Å². The number of esters is 1. The summed E-state index contributed by atoms with van der Waals surface area (Å²) < 4.78 is 4.53. The van der Waals surface area contributed by atoms with Gasteiger partial charge in [-0.1, -0.05) is 17.8 Å². The van der Waals surface area contributed by atoms with Crippen LogP contribution in [0.2, 0.25) is 0 Å². The molecule has 2 N–H and O–H groups in total. The zero-order valence-corrected chi connectivity index (χ0v) is 10.6. The summed E-state index contributed by atoms with van der Waals surface area (Å²) in [5.74, 6) is -0.931. The lowest BCUT2D eigenvalue weighted by atomic mass is 10.2. The summed E-state index contributed by atoms with van der Waals surface area (Å²) >= 11 is 1.21. The lowest BCUT2D eigenvalue weighted by molar-refractivity contribution is 0.0597. The molecule has 0 saturated heterocycles. The zero-order valence-electron chi connectivity index (χ0n) is 9.80. The normalized spacial score (nSPS) is 10.6. The van der Waals surface area contributed by atoms with E-state index in [1.54, 1.807) is 18.5 Å². The SMILES string of the molecule is COC(=O)c1cccc(N=C(NC#N)SC)c1O. The number of aliphatic imine (C=N–C) groups is 1. The number of thioether (sulfide) groups is 1. The van der Waals surface area contributed by atoms with Gasteiger partial charge in [-0.2, -0.15) is 5.26 Å². The van der Waals surface area contributed by atoms with Crippen molar-refractivity contribution >= 4 is 28.6 Å². The lowest BCUT2D eigenvalue weighted by Gasteiger charge is -2.06. The van der Waals surface area contributed by atoms with Gasteiger partial charge in [0.25, 0.3) is 0 Å². The highest BCUT2D eigenvalue weighted by Crippen LogP contribution is 2.31. The van der Waals surface area contributed by atoms with Crippen molar-refractivity contribution in [3.63, 3.8) is 0 Å². The maximum atomic E-state index is 11.4. The average molecular weight is 265 g/mol. The van der Waals surface area contributed by atoms with Crippen molar-refractivity contribution in [3.8, 4) is 11.9 Å². The number of methoxy groups -OCH3 is 1. The van der Waals surface area contributed by atoms with Gasteiger partial charge in [0.05, 0.1) is 7.11 Å². The van der Waals surface area contributed by atoms with Crippen LogP contribution in [-0.2, 0) is 4.74 Å². The number of hydrogen-bond donors (Lipinski definition) is 2. The fourth-order valence-corrected chi connectivity index (χ4v) is 1.52. The van der Waals surface area contributed by atoms with Crippen LogP contribution in [0.3, 0.4) is 0 Å². The number of benzene rings is 1. The van der Waals surface area contributed by atoms with E-state index in [1.807, 2.05) is 0 Å². The Morgan fingerprint density at radius 3 is 2.89 bits per heavy atom. The molecule has 0 unspecified atom stereocenters. The highest BCUT2D eigenvalue weighted by molar-refractivity contribution is 8.13. The number of phenolic OH excluding ortho intramolecular Hbond substituents is 1. The van der Waals surface area contributed by atoms with Gasteiger partial charge in [-0.05, 0) is 18.4 Å². The number of rotatable bonds is 2. The largest absolute Gasteiger partial charge is 0.505 e. The van der Waals surface area contributed by atoms with Crippen molar-refractivity contribution in [2.24, 2.45) is 4.99 Å². The number of carbonyl (C=O) groups excluding carboxylic acids is 1. The monoisotopic (exact) mass is 265 g/mol. The zero-order chi connectivity index (χ0) is 13.5. The second kappa shape index (κ2) is 6.51. The fraction of sp³-hybridized carbons (Fsp3) is 0.182. The maximum Gasteiger partial charge on any atom is 0.341 e. The summed E-state index contributed by atoms with van der Waals surface area (Å²) in [6.07, 6.45) is 3.46. The van der Waals surface area contributed by atoms with E-state index in [0.717, 1.165) is 0 Å². The van der Waals surface area contributed by atoms with Gasteiger partial charge < -0.3 is 9.84 Å². The summed E-state index contributed by atoms with van der Waals surface area (Å²) in [5.41, 5.74) is 0.209. The molecule has 0 amide bonds. The minimum atomic E-state index is -0.650. The number of ether oxygens (including phenoxy) is 1.